The molecule has 2 aromatic carbocycles. The first kappa shape index (κ1) is 24.0. The van der Waals surface area contributed by atoms with Crippen LogP contribution >= 0.6 is 0 Å². The molecule has 0 amide bonds. The molecule has 4 N–H and O–H groups in total. The molecule has 0 saturated heterocycles. The molecule has 0 atom stereocenters. The minimum Gasteiger partial charge on any atom is -0.398 e. The van der Waals surface area contributed by atoms with E-state index in [9.17, 15) is 0 Å². The van der Waals surface area contributed by atoms with Gasteiger partial charge in [-0.1, -0.05) is 50.7 Å². The Balaban J connectivity index is 1.01. The van der Waals surface area contributed by atoms with Crippen LogP contribution < -0.4 is 20.6 Å². The van der Waals surface area contributed by atoms with E-state index < -0.39 is 0 Å². The van der Waals surface area contributed by atoms with E-state index in [1.165, 1.54) is 75.0 Å². The van der Waals surface area contributed by atoms with Crippen molar-refractivity contribution in [2.24, 2.45) is 0 Å². The number of hydrogen-bond donors (Lipinski definition) is 2. The number of nitrogens with two attached hydrogens (primary N) is 2. The normalized spacial score (nSPS) is 11.4. The molecule has 178 valence electrons. The van der Waals surface area contributed by atoms with Gasteiger partial charge < -0.3 is 11.5 Å². The first-order chi connectivity index (χ1) is 16.7. The van der Waals surface area contributed by atoms with Crippen molar-refractivity contribution in [3.63, 3.8) is 0 Å². The molecule has 0 saturated carbocycles. The van der Waals surface area contributed by atoms with Crippen LogP contribution in [0.15, 0.2) is 73.3 Å². The number of rotatable bonds is 13. The molecule has 4 rings (SSSR count). The lowest BCUT2D eigenvalue weighted by molar-refractivity contribution is -0.696. The summed E-state index contributed by atoms with van der Waals surface area (Å²) in [6.45, 7) is 2.18. The van der Waals surface area contributed by atoms with Crippen molar-refractivity contribution in [3.8, 4) is 0 Å². The maximum Gasteiger partial charge on any atom is 0.176 e. The first-order valence-corrected chi connectivity index (χ1v) is 13.1. The zero-order valence-electron chi connectivity index (χ0n) is 20.5. The Morgan fingerprint density at radius 2 is 0.853 bits per heavy atom. The molecule has 0 spiro atoms. The summed E-state index contributed by atoms with van der Waals surface area (Å²) in [5, 5.41) is 4.75. The molecule has 0 aliphatic heterocycles. The van der Waals surface area contributed by atoms with Crippen molar-refractivity contribution in [1.29, 1.82) is 0 Å². The van der Waals surface area contributed by atoms with Gasteiger partial charge in [-0.2, -0.15) is 0 Å². The maximum absolute atomic E-state index is 6.05. The predicted octanol–water partition coefficient (Wildman–Crippen LogP) is 6.33. The predicted molar refractivity (Wildman–Crippen MR) is 143 cm³/mol. The summed E-state index contributed by atoms with van der Waals surface area (Å²) >= 11 is 0. The number of aromatic nitrogens is 2. The van der Waals surface area contributed by atoms with E-state index in [4.69, 9.17) is 11.5 Å². The second kappa shape index (κ2) is 12.4. The van der Waals surface area contributed by atoms with Gasteiger partial charge in [-0.05, 0) is 37.1 Å². The minimum absolute atomic E-state index is 0.861. The zero-order chi connectivity index (χ0) is 23.6. The number of pyridine rings is 2. The summed E-state index contributed by atoms with van der Waals surface area (Å²) < 4.78 is 4.60. The van der Waals surface area contributed by atoms with Gasteiger partial charge in [-0.3, -0.25) is 0 Å². The van der Waals surface area contributed by atoms with Gasteiger partial charge in [0.15, 0.2) is 24.8 Å². The smallest absolute Gasteiger partial charge is 0.176 e. The molecule has 0 bridgehead atoms. The van der Waals surface area contributed by atoms with Crippen LogP contribution in [0.25, 0.3) is 21.5 Å². The summed E-state index contributed by atoms with van der Waals surface area (Å²) in [4.78, 5) is 0. The highest BCUT2D eigenvalue weighted by Gasteiger charge is 2.06. The SMILES string of the molecule is Nc1cccc2c[n+](CCCCCCCCCCCC[n+]3ccc4c(N)cccc4c3)ccc12. The van der Waals surface area contributed by atoms with Gasteiger partial charge in [0.2, 0.25) is 0 Å². The van der Waals surface area contributed by atoms with Gasteiger partial charge >= 0.3 is 0 Å². The molecule has 34 heavy (non-hydrogen) atoms. The standard InChI is InChI=1S/C30H40N4/c31-29-15-11-13-25-23-33(21-17-27(25)29)19-9-7-5-3-1-2-4-6-8-10-20-34-22-18-28-26(24-34)14-12-16-30(28)32/h11-18,21-24H,1-10,19-20,31-32H2/q+2. The van der Waals surface area contributed by atoms with Gasteiger partial charge in [0, 0.05) is 57.9 Å². The molecular weight excluding hydrogens is 416 g/mol. The van der Waals surface area contributed by atoms with Crippen LogP contribution in [0, 0.1) is 0 Å². The van der Waals surface area contributed by atoms with Crippen molar-refractivity contribution in [2.75, 3.05) is 11.5 Å². The van der Waals surface area contributed by atoms with Gasteiger partial charge in [-0.25, -0.2) is 9.13 Å². The Morgan fingerprint density at radius 3 is 1.26 bits per heavy atom. The van der Waals surface area contributed by atoms with Crippen molar-refractivity contribution in [1.82, 2.24) is 0 Å². The van der Waals surface area contributed by atoms with Crippen molar-refractivity contribution in [2.45, 2.75) is 77.3 Å². The second-order valence-electron chi connectivity index (χ2n) is 9.60. The summed E-state index contributed by atoms with van der Waals surface area (Å²) in [5.41, 5.74) is 13.8. The lowest BCUT2D eigenvalue weighted by atomic mass is 10.1. The molecule has 4 aromatic rings. The maximum atomic E-state index is 6.05. The lowest BCUT2D eigenvalue weighted by Gasteiger charge is -2.04. The fourth-order valence-electron chi connectivity index (χ4n) is 4.88. The third-order valence-electron chi connectivity index (χ3n) is 6.90. The molecular formula is C30H40N4+2. The monoisotopic (exact) mass is 456 g/mol. The van der Waals surface area contributed by atoms with Gasteiger partial charge in [0.05, 0.1) is 0 Å². The molecule has 0 aliphatic rings. The molecule has 0 fully saturated rings. The number of fused-ring (bicyclic) bond motifs is 2. The Labute approximate surface area is 204 Å². The second-order valence-corrected chi connectivity index (χ2v) is 9.60. The summed E-state index contributed by atoms with van der Waals surface area (Å²) in [6.07, 6.45) is 22.1. The summed E-state index contributed by atoms with van der Waals surface area (Å²) in [6, 6.07) is 16.6. The van der Waals surface area contributed by atoms with Gasteiger partial charge in [-0.15, -0.1) is 0 Å². The Kier molecular flexibility index (Phi) is 8.72. The number of hydrogen-bond acceptors (Lipinski definition) is 2. The fraction of sp³-hybridized carbons (Fsp3) is 0.400. The van der Waals surface area contributed by atoms with Crippen LogP contribution in [0.4, 0.5) is 11.4 Å². The van der Waals surface area contributed by atoms with Crippen LogP contribution in [-0.4, -0.2) is 0 Å². The van der Waals surface area contributed by atoms with E-state index in [1.807, 2.05) is 24.3 Å². The van der Waals surface area contributed by atoms with Crippen molar-refractivity contribution < 1.29 is 9.13 Å². The first-order valence-electron chi connectivity index (χ1n) is 13.1. The highest BCUT2D eigenvalue weighted by Crippen LogP contribution is 2.19. The topological polar surface area (TPSA) is 59.8 Å². The number of nitrogen functional groups attached to an aromatic ring is 2. The Bertz CT molecular complexity index is 1110. The molecule has 4 nitrogen and oxygen atoms in total. The largest absolute Gasteiger partial charge is 0.398 e. The van der Waals surface area contributed by atoms with Gasteiger partial charge in [0.25, 0.3) is 0 Å². The number of aryl methyl sites for hydroxylation is 2. The lowest BCUT2D eigenvalue weighted by Crippen LogP contribution is -2.32. The zero-order valence-corrected chi connectivity index (χ0v) is 20.5. The quantitative estimate of drug-likeness (QED) is 0.140. The van der Waals surface area contributed by atoms with E-state index in [0.29, 0.717) is 0 Å². The number of nitrogens with zero attached hydrogens (tertiary/aromatic N) is 2. The molecule has 0 unspecified atom stereocenters. The number of benzene rings is 2. The average molecular weight is 457 g/mol. The van der Waals surface area contributed by atoms with E-state index in [-0.39, 0.29) is 0 Å². The van der Waals surface area contributed by atoms with E-state index in [0.717, 1.165) is 35.2 Å². The highest BCUT2D eigenvalue weighted by atomic mass is 14.9. The number of unbranched alkanes of at least 4 members (excludes halogenated alkanes) is 9. The molecule has 2 heterocycles. The third kappa shape index (κ3) is 6.69. The fourth-order valence-corrected chi connectivity index (χ4v) is 4.88. The van der Waals surface area contributed by atoms with Crippen LogP contribution in [-0.2, 0) is 13.1 Å². The molecule has 0 aliphatic carbocycles. The Morgan fingerprint density at radius 1 is 0.471 bits per heavy atom. The number of anilines is 2. The minimum atomic E-state index is 0.861. The highest BCUT2D eigenvalue weighted by molar-refractivity contribution is 5.92. The molecule has 0 radical (unpaired) electrons. The van der Waals surface area contributed by atoms with E-state index in [1.54, 1.807) is 0 Å². The molecule has 4 heteroatoms. The van der Waals surface area contributed by atoms with Crippen LogP contribution in [0.1, 0.15) is 64.2 Å². The van der Waals surface area contributed by atoms with Crippen LogP contribution in [0.5, 0.6) is 0 Å². The third-order valence-corrected chi connectivity index (χ3v) is 6.90. The summed E-state index contributed by atoms with van der Waals surface area (Å²) in [5.74, 6) is 0. The van der Waals surface area contributed by atoms with Crippen LogP contribution in [0.3, 0.4) is 0 Å². The van der Waals surface area contributed by atoms with E-state index >= 15 is 0 Å². The van der Waals surface area contributed by atoms with Crippen LogP contribution in [0.2, 0.25) is 0 Å². The Hall–Kier alpha value is -3.14. The van der Waals surface area contributed by atoms with Crippen molar-refractivity contribution >= 4 is 32.9 Å². The van der Waals surface area contributed by atoms with Gasteiger partial charge in [0.1, 0.15) is 13.1 Å². The molecule has 2 aromatic heterocycles. The van der Waals surface area contributed by atoms with Crippen molar-refractivity contribution in [3.05, 3.63) is 73.3 Å². The summed E-state index contributed by atoms with van der Waals surface area (Å²) in [7, 11) is 0. The average Bonchev–Trinajstić information content (AvgIpc) is 2.85. The van der Waals surface area contributed by atoms with E-state index in [2.05, 4.69) is 58.2 Å².